The van der Waals surface area contributed by atoms with E-state index in [0.717, 1.165) is 26.2 Å². The molecule has 1 fully saturated rings. The Morgan fingerprint density at radius 2 is 1.74 bits per heavy atom. The van der Waals surface area contributed by atoms with Gasteiger partial charge in [-0.1, -0.05) is 13.8 Å². The maximum absolute atomic E-state index is 12.4. The third-order valence-corrected chi connectivity index (χ3v) is 4.04. The number of aliphatic hydroxyl groups excluding tert-OH is 1. The topological polar surface area (TPSA) is 26.7 Å². The largest absolute Gasteiger partial charge is 0.414 e. The zero-order chi connectivity index (χ0) is 14.5. The summed E-state index contributed by atoms with van der Waals surface area (Å²) in [6.45, 7) is 9.37. The highest BCUT2D eigenvalue weighted by Crippen LogP contribution is 2.31. The van der Waals surface area contributed by atoms with E-state index in [1.807, 2.05) is 0 Å². The van der Waals surface area contributed by atoms with E-state index in [0.29, 0.717) is 25.9 Å². The van der Waals surface area contributed by atoms with E-state index in [1.54, 1.807) is 0 Å². The minimum atomic E-state index is -4.48. The summed E-state index contributed by atoms with van der Waals surface area (Å²) in [7, 11) is 0. The molecule has 3 nitrogen and oxygen atoms in total. The highest BCUT2D eigenvalue weighted by molar-refractivity contribution is 4.81. The minimum Gasteiger partial charge on any atom is -0.383 e. The van der Waals surface area contributed by atoms with Gasteiger partial charge in [-0.05, 0) is 44.9 Å². The van der Waals surface area contributed by atoms with Gasteiger partial charge >= 0.3 is 6.18 Å². The van der Waals surface area contributed by atoms with Crippen LogP contribution in [0.3, 0.4) is 0 Å². The lowest BCUT2D eigenvalue weighted by Gasteiger charge is -2.35. The van der Waals surface area contributed by atoms with Crippen LogP contribution in [0.5, 0.6) is 0 Å². The van der Waals surface area contributed by atoms with Crippen molar-refractivity contribution in [2.24, 2.45) is 5.92 Å². The number of aliphatic hydroxyl groups is 1. The van der Waals surface area contributed by atoms with Crippen molar-refractivity contribution < 1.29 is 18.3 Å². The number of rotatable bonds is 6. The van der Waals surface area contributed by atoms with E-state index >= 15 is 0 Å². The number of hydrogen-bond acceptors (Lipinski definition) is 3. The van der Waals surface area contributed by atoms with Crippen molar-refractivity contribution in [2.45, 2.75) is 39.0 Å². The van der Waals surface area contributed by atoms with Crippen molar-refractivity contribution in [3.8, 4) is 0 Å². The summed E-state index contributed by atoms with van der Waals surface area (Å²) in [6, 6.07) is 0. The molecule has 1 rings (SSSR count). The number of likely N-dealkylation sites (tertiary alicyclic amines) is 1. The molecule has 1 aliphatic heterocycles. The van der Waals surface area contributed by atoms with Crippen LogP contribution in [0.25, 0.3) is 0 Å². The molecule has 0 aromatic carbocycles. The van der Waals surface area contributed by atoms with Crippen LogP contribution in [0, 0.1) is 5.92 Å². The summed E-state index contributed by atoms with van der Waals surface area (Å²) in [5.41, 5.74) is 0. The fourth-order valence-electron chi connectivity index (χ4n) is 2.58. The molecule has 0 aliphatic carbocycles. The third-order valence-electron chi connectivity index (χ3n) is 4.04. The number of hydrogen-bond donors (Lipinski definition) is 1. The molecule has 1 unspecified atom stereocenters. The fourth-order valence-corrected chi connectivity index (χ4v) is 2.58. The highest BCUT2D eigenvalue weighted by atomic mass is 19.4. The number of piperidine rings is 1. The maximum Gasteiger partial charge on any atom is 0.414 e. The van der Waals surface area contributed by atoms with Gasteiger partial charge in [0, 0.05) is 13.1 Å². The molecule has 0 bridgehead atoms. The molecule has 1 heterocycles. The van der Waals surface area contributed by atoms with Gasteiger partial charge in [-0.25, -0.2) is 0 Å². The predicted octanol–water partition coefficient (Wildman–Crippen LogP) is 1.96. The summed E-state index contributed by atoms with van der Waals surface area (Å²) in [4.78, 5) is 4.49. The molecular weight excluding hydrogens is 257 g/mol. The van der Waals surface area contributed by atoms with E-state index < -0.39 is 18.2 Å². The van der Waals surface area contributed by atoms with Gasteiger partial charge in [0.05, 0.1) is 0 Å². The van der Waals surface area contributed by atoms with E-state index in [9.17, 15) is 18.3 Å². The maximum atomic E-state index is 12.4. The van der Waals surface area contributed by atoms with Crippen LogP contribution >= 0.6 is 0 Å². The summed E-state index contributed by atoms with van der Waals surface area (Å²) in [5.74, 6) is -0.635. The summed E-state index contributed by atoms with van der Waals surface area (Å²) in [5, 5.41) is 9.24. The molecule has 0 aromatic rings. The average molecular weight is 282 g/mol. The Hall–Kier alpha value is -0.330. The molecule has 1 aliphatic rings. The van der Waals surface area contributed by atoms with Gasteiger partial charge < -0.3 is 14.9 Å². The van der Waals surface area contributed by atoms with Gasteiger partial charge in [0.2, 0.25) is 0 Å². The van der Waals surface area contributed by atoms with Gasteiger partial charge in [-0.3, -0.25) is 0 Å². The Morgan fingerprint density at radius 1 is 1.21 bits per heavy atom. The van der Waals surface area contributed by atoms with Crippen LogP contribution in [0.2, 0.25) is 0 Å². The van der Waals surface area contributed by atoms with Crippen molar-refractivity contribution in [3.63, 3.8) is 0 Å². The van der Waals surface area contributed by atoms with Crippen molar-refractivity contribution >= 4 is 0 Å². The first-order valence-electron chi connectivity index (χ1n) is 7.08. The molecule has 114 valence electrons. The lowest BCUT2D eigenvalue weighted by atomic mass is 9.91. The van der Waals surface area contributed by atoms with Crippen molar-refractivity contribution in [3.05, 3.63) is 0 Å². The Bertz CT molecular complexity index is 249. The average Bonchev–Trinajstić information content (AvgIpc) is 2.39. The quantitative estimate of drug-likeness (QED) is 0.807. The van der Waals surface area contributed by atoms with Gasteiger partial charge in [0.25, 0.3) is 0 Å². The molecule has 0 amide bonds. The molecule has 1 atom stereocenters. The van der Waals surface area contributed by atoms with E-state index in [1.165, 1.54) is 0 Å². The number of halogens is 3. The smallest absolute Gasteiger partial charge is 0.383 e. The third kappa shape index (κ3) is 5.28. The Balaban J connectivity index is 2.29. The molecule has 0 aromatic heterocycles. The van der Waals surface area contributed by atoms with Crippen LogP contribution in [0.1, 0.15) is 26.7 Å². The summed E-state index contributed by atoms with van der Waals surface area (Å²) in [6.07, 6.45) is -5.77. The standard InChI is InChI=1S/C13H25F3N2O/c1-3-17(4-2)9-10-18-7-5-11(6-8-18)12(19)13(14,15)16/h11-12,19H,3-10H2,1-2H3. The monoisotopic (exact) mass is 282 g/mol. The van der Waals surface area contributed by atoms with Crippen molar-refractivity contribution in [1.82, 2.24) is 9.80 Å². The minimum absolute atomic E-state index is 0.429. The van der Waals surface area contributed by atoms with Crippen LogP contribution in [-0.2, 0) is 0 Å². The zero-order valence-corrected chi connectivity index (χ0v) is 11.8. The second-order valence-electron chi connectivity index (χ2n) is 5.19. The second-order valence-corrected chi connectivity index (χ2v) is 5.19. The fraction of sp³-hybridized carbons (Fsp3) is 1.00. The number of alkyl halides is 3. The molecule has 0 saturated carbocycles. The first-order valence-corrected chi connectivity index (χ1v) is 7.08. The van der Waals surface area contributed by atoms with Crippen LogP contribution in [0.4, 0.5) is 13.2 Å². The Labute approximate surface area is 113 Å². The molecule has 1 N–H and O–H groups in total. The van der Waals surface area contributed by atoms with Crippen LogP contribution in [-0.4, -0.2) is 66.5 Å². The first-order chi connectivity index (χ1) is 8.88. The summed E-state index contributed by atoms with van der Waals surface area (Å²) < 4.78 is 37.2. The molecule has 1 saturated heterocycles. The Kier molecular flexibility index (Phi) is 6.56. The molecule has 19 heavy (non-hydrogen) atoms. The van der Waals surface area contributed by atoms with E-state index in [2.05, 4.69) is 23.6 Å². The van der Waals surface area contributed by atoms with Gasteiger partial charge in [-0.2, -0.15) is 13.2 Å². The lowest BCUT2D eigenvalue weighted by molar-refractivity contribution is -0.223. The zero-order valence-electron chi connectivity index (χ0n) is 11.8. The van der Waals surface area contributed by atoms with Crippen molar-refractivity contribution in [2.75, 3.05) is 39.3 Å². The normalized spacial score (nSPS) is 21.0. The highest BCUT2D eigenvalue weighted by Gasteiger charge is 2.44. The molecule has 0 radical (unpaired) electrons. The van der Waals surface area contributed by atoms with Crippen LogP contribution < -0.4 is 0 Å². The molecular formula is C13H25F3N2O. The van der Waals surface area contributed by atoms with E-state index in [-0.39, 0.29) is 0 Å². The SMILES string of the molecule is CCN(CC)CCN1CCC(C(O)C(F)(F)F)CC1. The van der Waals surface area contributed by atoms with Gasteiger partial charge in [0.15, 0.2) is 6.10 Å². The van der Waals surface area contributed by atoms with E-state index in [4.69, 9.17) is 0 Å². The molecule has 6 heteroatoms. The predicted molar refractivity (Wildman–Crippen MR) is 69.0 cm³/mol. The number of nitrogens with zero attached hydrogens (tertiary/aromatic N) is 2. The Morgan fingerprint density at radius 3 is 2.16 bits per heavy atom. The lowest BCUT2D eigenvalue weighted by Crippen LogP contribution is -2.45. The number of likely N-dealkylation sites (N-methyl/N-ethyl adjacent to an activating group) is 1. The first kappa shape index (κ1) is 16.7. The summed E-state index contributed by atoms with van der Waals surface area (Å²) >= 11 is 0. The van der Waals surface area contributed by atoms with Crippen molar-refractivity contribution in [1.29, 1.82) is 0 Å². The van der Waals surface area contributed by atoms with Crippen LogP contribution in [0.15, 0.2) is 0 Å². The van der Waals surface area contributed by atoms with Gasteiger partial charge in [0.1, 0.15) is 0 Å². The van der Waals surface area contributed by atoms with Gasteiger partial charge in [-0.15, -0.1) is 0 Å². The molecule has 0 spiro atoms. The second kappa shape index (κ2) is 7.45.